The fourth-order valence-corrected chi connectivity index (χ4v) is 1.65. The van der Waals surface area contributed by atoms with Crippen LogP contribution in [0.3, 0.4) is 0 Å². The van der Waals surface area contributed by atoms with Crippen molar-refractivity contribution in [1.29, 1.82) is 0 Å². The van der Waals surface area contributed by atoms with Crippen LogP contribution in [0.4, 0.5) is 0 Å². The van der Waals surface area contributed by atoms with Gasteiger partial charge in [0, 0.05) is 29.4 Å². The highest BCUT2D eigenvalue weighted by molar-refractivity contribution is 6.06. The molecule has 0 saturated heterocycles. The van der Waals surface area contributed by atoms with E-state index in [2.05, 4.69) is 10.3 Å². The van der Waals surface area contributed by atoms with E-state index in [1.165, 1.54) is 0 Å². The van der Waals surface area contributed by atoms with E-state index in [0.29, 0.717) is 5.56 Å². The lowest BCUT2D eigenvalue weighted by Crippen LogP contribution is -2.30. The molecule has 0 fully saturated rings. The average molecular weight is 214 g/mol. The van der Waals surface area contributed by atoms with Gasteiger partial charge in [0.2, 0.25) is 0 Å². The number of benzene rings is 1. The Morgan fingerprint density at radius 3 is 2.88 bits per heavy atom. The summed E-state index contributed by atoms with van der Waals surface area (Å²) in [6, 6.07) is 7.73. The highest BCUT2D eigenvalue weighted by atomic mass is 16.1. The van der Waals surface area contributed by atoms with Crippen molar-refractivity contribution in [3.63, 3.8) is 0 Å². The Morgan fingerprint density at radius 2 is 2.12 bits per heavy atom. The van der Waals surface area contributed by atoms with Crippen molar-refractivity contribution >= 4 is 16.7 Å². The quantitative estimate of drug-likeness (QED) is 0.833. The lowest BCUT2D eigenvalue weighted by molar-refractivity contribution is 0.0945. The van der Waals surface area contributed by atoms with Crippen LogP contribution in [0.1, 0.15) is 24.2 Å². The summed E-state index contributed by atoms with van der Waals surface area (Å²) in [5, 5.41) is 4.81. The number of rotatable bonds is 2. The van der Waals surface area contributed by atoms with E-state index in [0.717, 1.165) is 10.8 Å². The lowest BCUT2D eigenvalue weighted by atomic mass is 10.1. The monoisotopic (exact) mass is 214 g/mol. The Labute approximate surface area is 94.5 Å². The van der Waals surface area contributed by atoms with Crippen LogP contribution in [0.15, 0.2) is 36.7 Å². The molecule has 1 aromatic carbocycles. The summed E-state index contributed by atoms with van der Waals surface area (Å²) in [5.41, 5.74) is 0.680. The molecular formula is C13H14N2O. The average Bonchev–Trinajstić information content (AvgIpc) is 2.27. The Kier molecular flexibility index (Phi) is 2.86. The molecular weight excluding hydrogens is 200 g/mol. The molecule has 0 radical (unpaired) electrons. The fraction of sp³-hybridized carbons (Fsp3) is 0.231. The first kappa shape index (κ1) is 10.6. The fourth-order valence-electron chi connectivity index (χ4n) is 1.65. The predicted molar refractivity (Wildman–Crippen MR) is 64.3 cm³/mol. The van der Waals surface area contributed by atoms with Crippen molar-refractivity contribution in [2.75, 3.05) is 0 Å². The summed E-state index contributed by atoms with van der Waals surface area (Å²) < 4.78 is 0. The van der Waals surface area contributed by atoms with Crippen molar-refractivity contribution in [2.24, 2.45) is 0 Å². The van der Waals surface area contributed by atoms with Gasteiger partial charge in [0.15, 0.2) is 0 Å². The Hall–Kier alpha value is -1.90. The Morgan fingerprint density at radius 1 is 1.31 bits per heavy atom. The molecule has 2 aromatic rings. The Balaban J connectivity index is 2.48. The molecule has 3 nitrogen and oxygen atoms in total. The molecule has 16 heavy (non-hydrogen) atoms. The van der Waals surface area contributed by atoms with Gasteiger partial charge in [-0.3, -0.25) is 9.78 Å². The maximum Gasteiger partial charge on any atom is 0.252 e. The molecule has 0 unspecified atom stereocenters. The second kappa shape index (κ2) is 4.31. The number of pyridine rings is 1. The van der Waals surface area contributed by atoms with Crippen LogP contribution in [0.2, 0.25) is 0 Å². The minimum atomic E-state index is -0.0476. The van der Waals surface area contributed by atoms with Gasteiger partial charge in [-0.2, -0.15) is 0 Å². The van der Waals surface area contributed by atoms with Crippen molar-refractivity contribution in [3.8, 4) is 0 Å². The summed E-state index contributed by atoms with van der Waals surface area (Å²) in [6.45, 7) is 3.89. The number of nitrogens with one attached hydrogen (secondary N) is 1. The largest absolute Gasteiger partial charge is 0.350 e. The first-order valence-corrected chi connectivity index (χ1v) is 5.32. The van der Waals surface area contributed by atoms with Crippen LogP contribution in [-0.2, 0) is 0 Å². The molecule has 82 valence electrons. The summed E-state index contributed by atoms with van der Waals surface area (Å²) in [4.78, 5) is 16.0. The number of carbonyl (C=O) groups excluding carboxylic acids is 1. The van der Waals surface area contributed by atoms with Crippen molar-refractivity contribution in [1.82, 2.24) is 10.3 Å². The number of hydrogen-bond donors (Lipinski definition) is 1. The van der Waals surface area contributed by atoms with Gasteiger partial charge in [0.1, 0.15) is 0 Å². The van der Waals surface area contributed by atoms with Gasteiger partial charge in [-0.1, -0.05) is 12.1 Å². The van der Waals surface area contributed by atoms with Crippen LogP contribution in [0, 0.1) is 0 Å². The molecule has 0 aliphatic heterocycles. The van der Waals surface area contributed by atoms with Gasteiger partial charge in [-0.05, 0) is 31.4 Å². The topological polar surface area (TPSA) is 42.0 Å². The van der Waals surface area contributed by atoms with E-state index in [-0.39, 0.29) is 11.9 Å². The van der Waals surface area contributed by atoms with Gasteiger partial charge in [0.25, 0.3) is 5.91 Å². The minimum absolute atomic E-state index is 0.0476. The molecule has 0 bridgehead atoms. The smallest absolute Gasteiger partial charge is 0.252 e. The van der Waals surface area contributed by atoms with Crippen LogP contribution in [0.5, 0.6) is 0 Å². The minimum Gasteiger partial charge on any atom is -0.350 e. The number of hydrogen-bond acceptors (Lipinski definition) is 2. The van der Waals surface area contributed by atoms with Crippen LogP contribution >= 0.6 is 0 Å². The van der Waals surface area contributed by atoms with Crippen LogP contribution in [-0.4, -0.2) is 16.9 Å². The number of nitrogens with zero attached hydrogens (tertiary/aromatic N) is 1. The normalized spacial score (nSPS) is 10.7. The third kappa shape index (κ3) is 2.03. The van der Waals surface area contributed by atoms with Crippen LogP contribution < -0.4 is 5.32 Å². The maximum absolute atomic E-state index is 11.9. The molecule has 1 aromatic heterocycles. The predicted octanol–water partition coefficient (Wildman–Crippen LogP) is 2.37. The first-order valence-electron chi connectivity index (χ1n) is 5.32. The summed E-state index contributed by atoms with van der Waals surface area (Å²) in [7, 11) is 0. The molecule has 0 aliphatic rings. The van der Waals surface area contributed by atoms with E-state index >= 15 is 0 Å². The summed E-state index contributed by atoms with van der Waals surface area (Å²) >= 11 is 0. The summed E-state index contributed by atoms with van der Waals surface area (Å²) in [5.74, 6) is -0.0476. The molecule has 0 saturated carbocycles. The highest BCUT2D eigenvalue weighted by Crippen LogP contribution is 2.17. The van der Waals surface area contributed by atoms with E-state index in [9.17, 15) is 4.79 Å². The number of fused-ring (bicyclic) bond motifs is 1. The van der Waals surface area contributed by atoms with Crippen molar-refractivity contribution in [3.05, 3.63) is 42.2 Å². The van der Waals surface area contributed by atoms with Crippen LogP contribution in [0.25, 0.3) is 10.8 Å². The third-order valence-electron chi connectivity index (χ3n) is 2.35. The first-order chi connectivity index (χ1) is 7.68. The molecule has 0 atom stereocenters. The maximum atomic E-state index is 11.9. The van der Waals surface area contributed by atoms with Gasteiger partial charge < -0.3 is 5.32 Å². The van der Waals surface area contributed by atoms with Gasteiger partial charge >= 0.3 is 0 Å². The van der Waals surface area contributed by atoms with Gasteiger partial charge in [-0.15, -0.1) is 0 Å². The zero-order valence-corrected chi connectivity index (χ0v) is 9.40. The number of carbonyl (C=O) groups is 1. The lowest BCUT2D eigenvalue weighted by Gasteiger charge is -2.10. The molecule has 3 heteroatoms. The molecule has 0 aliphatic carbocycles. The van der Waals surface area contributed by atoms with Crippen molar-refractivity contribution in [2.45, 2.75) is 19.9 Å². The van der Waals surface area contributed by atoms with Gasteiger partial charge in [0.05, 0.1) is 0 Å². The van der Waals surface area contributed by atoms with E-state index in [4.69, 9.17) is 0 Å². The standard InChI is InChI=1S/C13H14N2O/c1-9(2)15-13(16)11-5-3-4-10-6-7-14-8-12(10)11/h3-9H,1-2H3,(H,15,16). The van der Waals surface area contributed by atoms with E-state index in [1.54, 1.807) is 12.4 Å². The zero-order valence-electron chi connectivity index (χ0n) is 9.40. The number of amides is 1. The molecule has 2 rings (SSSR count). The van der Waals surface area contributed by atoms with Crippen molar-refractivity contribution < 1.29 is 4.79 Å². The van der Waals surface area contributed by atoms with Gasteiger partial charge in [-0.25, -0.2) is 0 Å². The second-order valence-electron chi connectivity index (χ2n) is 4.03. The summed E-state index contributed by atoms with van der Waals surface area (Å²) in [6.07, 6.45) is 3.46. The second-order valence-corrected chi connectivity index (χ2v) is 4.03. The molecule has 1 N–H and O–H groups in total. The Bertz CT molecular complexity index is 515. The molecule has 0 spiro atoms. The van der Waals surface area contributed by atoms with E-state index in [1.807, 2.05) is 38.1 Å². The van der Waals surface area contributed by atoms with E-state index < -0.39 is 0 Å². The SMILES string of the molecule is CC(C)NC(=O)c1cccc2ccncc12. The molecule has 1 heterocycles. The zero-order chi connectivity index (χ0) is 11.5. The number of aromatic nitrogens is 1. The molecule has 1 amide bonds. The third-order valence-corrected chi connectivity index (χ3v) is 2.35. The highest BCUT2D eigenvalue weighted by Gasteiger charge is 2.10.